The normalized spacial score (nSPS) is 20.7. The highest BCUT2D eigenvalue weighted by Gasteiger charge is 2.38. The van der Waals surface area contributed by atoms with Gasteiger partial charge in [0.1, 0.15) is 17.4 Å². The van der Waals surface area contributed by atoms with Crippen LogP contribution in [-0.2, 0) is 18.7 Å². The molecule has 0 aromatic heterocycles. The first kappa shape index (κ1) is 37.8. The second-order valence-corrected chi connectivity index (χ2v) is 21.1. The van der Waals surface area contributed by atoms with Gasteiger partial charge in [0.25, 0.3) is 0 Å². The first-order valence-electron chi connectivity index (χ1n) is 15.4. The first-order chi connectivity index (χ1) is 19.7. The van der Waals surface area contributed by atoms with E-state index >= 15 is 0 Å². The maximum atomic E-state index is 12.8. The van der Waals surface area contributed by atoms with E-state index in [9.17, 15) is 14.4 Å². The Morgan fingerprint density at radius 3 is 1.91 bits per heavy atom. The smallest absolute Gasteiger partial charge is 0.410 e. The Kier molecular flexibility index (Phi) is 14.3. The summed E-state index contributed by atoms with van der Waals surface area (Å²) in [5.74, 6) is 2.65. The van der Waals surface area contributed by atoms with Crippen molar-refractivity contribution < 1.29 is 28.3 Å². The summed E-state index contributed by atoms with van der Waals surface area (Å²) in [6, 6.07) is 0.870. The number of nitrogens with one attached hydrogen (secondary N) is 4. The summed E-state index contributed by atoms with van der Waals surface area (Å²) < 4.78 is 19.0. The number of hydrogen-bond donors (Lipinski definition) is 4. The third kappa shape index (κ3) is 15.4. The molecule has 0 aromatic rings. The largest absolute Gasteiger partial charge is 0.444 e. The molecule has 1 heterocycles. The van der Waals surface area contributed by atoms with E-state index in [1.807, 2.05) is 23.5 Å². The number of rotatable bonds is 11. The van der Waals surface area contributed by atoms with Crippen LogP contribution in [0.5, 0.6) is 0 Å². The zero-order valence-corrected chi connectivity index (χ0v) is 30.7. The SMILES string of the molecule is CC(=O)NC(CC1CC(=C2SCCCS2)CC1NC(NC(=O)OC(C)(C)C)NC(=O)OC(C)(C)C)O[Si](C)(C)CC(C)C. The third-order valence-corrected chi connectivity index (χ3v) is 12.0. The third-order valence-electron chi connectivity index (χ3n) is 6.53. The van der Waals surface area contributed by atoms with E-state index in [4.69, 9.17) is 13.9 Å². The van der Waals surface area contributed by atoms with Gasteiger partial charge in [-0.15, -0.1) is 23.5 Å². The molecule has 13 heteroatoms. The summed E-state index contributed by atoms with van der Waals surface area (Å²) in [7, 11) is -2.06. The van der Waals surface area contributed by atoms with Crippen LogP contribution in [-0.4, -0.2) is 67.7 Å². The first-order valence-corrected chi connectivity index (χ1v) is 20.5. The van der Waals surface area contributed by atoms with E-state index in [1.165, 1.54) is 23.2 Å². The number of alkyl carbamates (subject to hydrolysis) is 2. The molecule has 0 spiro atoms. The molecule has 1 aliphatic carbocycles. The summed E-state index contributed by atoms with van der Waals surface area (Å²) in [4.78, 5) is 37.9. The number of ether oxygens (including phenoxy) is 2. The average molecular weight is 661 g/mol. The van der Waals surface area contributed by atoms with Crippen LogP contribution >= 0.6 is 23.5 Å². The summed E-state index contributed by atoms with van der Waals surface area (Å²) in [6.45, 7) is 21.0. The topological polar surface area (TPSA) is 127 Å². The number of amides is 3. The van der Waals surface area contributed by atoms with Gasteiger partial charge in [0, 0.05) is 17.2 Å². The van der Waals surface area contributed by atoms with Crippen molar-refractivity contribution in [3.63, 3.8) is 0 Å². The van der Waals surface area contributed by atoms with Crippen molar-refractivity contribution in [3.8, 4) is 0 Å². The van der Waals surface area contributed by atoms with Crippen LogP contribution in [0.4, 0.5) is 9.59 Å². The minimum absolute atomic E-state index is 0.0784. The van der Waals surface area contributed by atoms with Crippen LogP contribution in [0, 0.1) is 11.8 Å². The van der Waals surface area contributed by atoms with E-state index in [-0.39, 0.29) is 17.9 Å². The molecule has 248 valence electrons. The van der Waals surface area contributed by atoms with Gasteiger partial charge < -0.3 is 19.2 Å². The highest BCUT2D eigenvalue weighted by molar-refractivity contribution is 8.22. The standard InChI is InChI=1S/C30H56N4O6S2Si/c1-19(2)18-43(10,11)40-24(31-20(3)35)17-21-15-22(25-41-13-12-14-42-25)16-23(21)32-26(33-27(36)38-29(4,5)6)34-28(37)39-30(7,8)9/h19,21,23-24,26,32H,12-18H2,1-11H3,(H,31,35)(H,33,36)(H,34,37). The van der Waals surface area contributed by atoms with Crippen molar-refractivity contribution >= 4 is 49.9 Å². The molecule has 1 saturated heterocycles. The number of carbonyl (C=O) groups excluding carboxylic acids is 3. The lowest BCUT2D eigenvalue weighted by Crippen LogP contribution is -2.61. The number of hydrogen-bond acceptors (Lipinski definition) is 9. The van der Waals surface area contributed by atoms with Gasteiger partial charge in [0.15, 0.2) is 14.6 Å². The zero-order chi connectivity index (χ0) is 32.6. The maximum Gasteiger partial charge on any atom is 0.410 e. The van der Waals surface area contributed by atoms with Crippen LogP contribution in [0.2, 0.25) is 19.1 Å². The molecule has 10 nitrogen and oxygen atoms in total. The molecule has 4 N–H and O–H groups in total. The lowest BCUT2D eigenvalue weighted by Gasteiger charge is -2.34. The molecule has 2 rings (SSSR count). The molecule has 43 heavy (non-hydrogen) atoms. The molecular formula is C30H56N4O6S2Si. The van der Waals surface area contributed by atoms with Crippen LogP contribution in [0.15, 0.2) is 9.81 Å². The Labute approximate surface area is 268 Å². The lowest BCUT2D eigenvalue weighted by atomic mass is 9.98. The van der Waals surface area contributed by atoms with Crippen LogP contribution in [0.1, 0.15) is 88.0 Å². The summed E-state index contributed by atoms with van der Waals surface area (Å²) in [5, 5.41) is 12.1. The second-order valence-electron chi connectivity index (χ2n) is 14.5. The lowest BCUT2D eigenvalue weighted by molar-refractivity contribution is -0.121. The summed E-state index contributed by atoms with van der Waals surface area (Å²) in [5.41, 5.74) is -0.0521. The van der Waals surface area contributed by atoms with Crippen molar-refractivity contribution in [2.24, 2.45) is 11.8 Å². The van der Waals surface area contributed by atoms with Crippen molar-refractivity contribution in [2.75, 3.05) is 11.5 Å². The fraction of sp³-hybridized carbons (Fsp3) is 0.833. The Morgan fingerprint density at radius 2 is 1.44 bits per heavy atom. The van der Waals surface area contributed by atoms with Crippen LogP contribution < -0.4 is 21.3 Å². The Hall–Kier alpha value is -1.41. The molecule has 0 bridgehead atoms. The average Bonchev–Trinajstić information content (AvgIpc) is 3.17. The molecule has 1 aliphatic heterocycles. The molecule has 3 unspecified atom stereocenters. The Balaban J connectivity index is 2.35. The molecule has 0 radical (unpaired) electrons. The fourth-order valence-electron chi connectivity index (χ4n) is 5.46. The summed E-state index contributed by atoms with van der Waals surface area (Å²) >= 11 is 3.81. The molecule has 1 saturated carbocycles. The van der Waals surface area contributed by atoms with Crippen molar-refractivity contribution in [2.45, 2.75) is 137 Å². The van der Waals surface area contributed by atoms with Gasteiger partial charge >= 0.3 is 12.2 Å². The van der Waals surface area contributed by atoms with Gasteiger partial charge in [-0.05, 0) is 115 Å². The highest BCUT2D eigenvalue weighted by Crippen LogP contribution is 2.45. The Bertz CT molecular complexity index is 958. The van der Waals surface area contributed by atoms with Gasteiger partial charge in [0.2, 0.25) is 5.91 Å². The number of thioether (sulfide) groups is 2. The second kappa shape index (κ2) is 16.2. The van der Waals surface area contributed by atoms with E-state index in [0.29, 0.717) is 12.3 Å². The molecule has 0 aromatic carbocycles. The van der Waals surface area contributed by atoms with Crippen LogP contribution in [0.25, 0.3) is 0 Å². The van der Waals surface area contributed by atoms with Crippen molar-refractivity contribution in [3.05, 3.63) is 9.81 Å². The Morgan fingerprint density at radius 1 is 0.907 bits per heavy atom. The van der Waals surface area contributed by atoms with E-state index in [1.54, 1.807) is 41.5 Å². The number of carbonyl (C=O) groups is 3. The predicted molar refractivity (Wildman–Crippen MR) is 179 cm³/mol. The van der Waals surface area contributed by atoms with Gasteiger partial charge in [-0.2, -0.15) is 0 Å². The van der Waals surface area contributed by atoms with Gasteiger partial charge in [-0.3, -0.25) is 20.7 Å². The van der Waals surface area contributed by atoms with Gasteiger partial charge in [-0.25, -0.2) is 9.59 Å². The van der Waals surface area contributed by atoms with E-state index in [2.05, 4.69) is 48.2 Å². The molecule has 2 aliphatic rings. The zero-order valence-electron chi connectivity index (χ0n) is 28.1. The minimum atomic E-state index is -2.06. The predicted octanol–water partition coefficient (Wildman–Crippen LogP) is 6.50. The maximum absolute atomic E-state index is 12.8. The van der Waals surface area contributed by atoms with Gasteiger partial charge in [-0.1, -0.05) is 13.8 Å². The fourth-order valence-corrected chi connectivity index (χ4v) is 11.2. The summed E-state index contributed by atoms with van der Waals surface area (Å²) in [6.07, 6.45) is 0.684. The molecule has 3 atom stereocenters. The molecule has 3 amide bonds. The quantitative estimate of drug-likeness (QED) is 0.145. The molecule has 2 fully saturated rings. The van der Waals surface area contributed by atoms with Crippen molar-refractivity contribution in [1.82, 2.24) is 21.3 Å². The molecular weight excluding hydrogens is 605 g/mol. The van der Waals surface area contributed by atoms with Crippen LogP contribution in [0.3, 0.4) is 0 Å². The highest BCUT2D eigenvalue weighted by atomic mass is 32.2. The van der Waals surface area contributed by atoms with Gasteiger partial charge in [0.05, 0.1) is 0 Å². The van der Waals surface area contributed by atoms with E-state index < -0.39 is 44.2 Å². The van der Waals surface area contributed by atoms with Crippen molar-refractivity contribution in [1.29, 1.82) is 0 Å². The van der Waals surface area contributed by atoms with E-state index in [0.717, 1.165) is 30.4 Å². The monoisotopic (exact) mass is 660 g/mol. The minimum Gasteiger partial charge on any atom is -0.444 e.